The lowest BCUT2D eigenvalue weighted by Crippen LogP contribution is -2.30. The molecule has 0 fully saturated rings. The lowest BCUT2D eigenvalue weighted by Gasteiger charge is -2.22. The summed E-state index contributed by atoms with van der Waals surface area (Å²) in [6, 6.07) is 10.6. The van der Waals surface area contributed by atoms with Gasteiger partial charge in [0.05, 0.1) is 23.7 Å². The number of amides is 1. The number of hydrogen-bond donors (Lipinski definition) is 0. The Kier molecular flexibility index (Phi) is 4.40. The van der Waals surface area contributed by atoms with E-state index in [2.05, 4.69) is 10.2 Å². The number of nitrogens with zero attached hydrogens (tertiary/aromatic N) is 4. The average Bonchev–Trinajstić information content (AvgIpc) is 3.22. The van der Waals surface area contributed by atoms with Crippen LogP contribution < -0.4 is 0 Å². The van der Waals surface area contributed by atoms with Gasteiger partial charge < -0.3 is 9.32 Å². The van der Waals surface area contributed by atoms with Gasteiger partial charge in [-0.05, 0) is 44.2 Å². The summed E-state index contributed by atoms with van der Waals surface area (Å²) < 4.78 is 5.37. The molecule has 0 saturated heterocycles. The lowest BCUT2D eigenvalue weighted by atomic mass is 10.2. The molecular weight excluding hydrogens is 328 g/mol. The Bertz CT molecular complexity index is 857. The first-order valence-electron chi connectivity index (χ1n) is 7.48. The monoisotopic (exact) mass is 344 g/mol. The molecule has 7 heteroatoms. The molecule has 1 aromatic carbocycles. The lowest BCUT2D eigenvalue weighted by molar-refractivity contribution is 0.0719. The standard InChI is InChI=1S/C17H17ClN4O2/c1-11-16(17(23)21(3)12(2)15-8-5-9-24-15)20-22(19-11)14-7-4-6-13(18)10-14/h4-10,12H,1-3H3. The van der Waals surface area contributed by atoms with E-state index < -0.39 is 0 Å². The van der Waals surface area contributed by atoms with Crippen molar-refractivity contribution in [3.8, 4) is 5.69 Å². The van der Waals surface area contributed by atoms with Crippen LogP contribution in [-0.4, -0.2) is 32.8 Å². The Balaban J connectivity index is 1.88. The van der Waals surface area contributed by atoms with Gasteiger partial charge in [0.25, 0.3) is 5.91 Å². The summed E-state index contributed by atoms with van der Waals surface area (Å²) >= 11 is 6.00. The third kappa shape index (κ3) is 3.05. The molecule has 0 radical (unpaired) electrons. The molecule has 6 nitrogen and oxygen atoms in total. The summed E-state index contributed by atoms with van der Waals surface area (Å²) in [5.41, 5.74) is 1.56. The van der Waals surface area contributed by atoms with Crippen molar-refractivity contribution in [1.29, 1.82) is 0 Å². The third-order valence-electron chi connectivity index (χ3n) is 3.88. The quantitative estimate of drug-likeness (QED) is 0.724. The summed E-state index contributed by atoms with van der Waals surface area (Å²) in [7, 11) is 1.72. The van der Waals surface area contributed by atoms with Crippen LogP contribution in [0.4, 0.5) is 0 Å². The molecular formula is C17H17ClN4O2. The summed E-state index contributed by atoms with van der Waals surface area (Å²) in [6.45, 7) is 3.65. The number of aryl methyl sites for hydroxylation is 1. The first-order chi connectivity index (χ1) is 11.5. The van der Waals surface area contributed by atoms with Gasteiger partial charge in [0.2, 0.25) is 0 Å². The SMILES string of the molecule is Cc1nn(-c2cccc(Cl)c2)nc1C(=O)N(C)C(C)c1ccco1. The maximum absolute atomic E-state index is 12.8. The van der Waals surface area contributed by atoms with Crippen molar-refractivity contribution in [1.82, 2.24) is 19.9 Å². The number of aromatic nitrogens is 3. The van der Waals surface area contributed by atoms with Crippen molar-refractivity contribution < 1.29 is 9.21 Å². The van der Waals surface area contributed by atoms with E-state index in [1.54, 1.807) is 43.3 Å². The molecule has 0 aliphatic heterocycles. The molecule has 0 aliphatic rings. The van der Waals surface area contributed by atoms with Crippen LogP contribution in [0.5, 0.6) is 0 Å². The fourth-order valence-electron chi connectivity index (χ4n) is 2.36. The first kappa shape index (κ1) is 16.3. The van der Waals surface area contributed by atoms with Crippen LogP contribution in [0.25, 0.3) is 5.69 Å². The van der Waals surface area contributed by atoms with E-state index in [1.807, 2.05) is 25.1 Å². The number of hydrogen-bond acceptors (Lipinski definition) is 4. The van der Waals surface area contributed by atoms with Gasteiger partial charge in [0.1, 0.15) is 5.76 Å². The van der Waals surface area contributed by atoms with Crippen molar-refractivity contribution in [3.63, 3.8) is 0 Å². The number of rotatable bonds is 4. The maximum Gasteiger partial charge on any atom is 0.276 e. The fraction of sp³-hybridized carbons (Fsp3) is 0.235. The first-order valence-corrected chi connectivity index (χ1v) is 7.85. The Morgan fingerprint density at radius 1 is 1.29 bits per heavy atom. The van der Waals surface area contributed by atoms with Gasteiger partial charge in [-0.15, -0.1) is 5.10 Å². The van der Waals surface area contributed by atoms with Crippen LogP contribution in [0.3, 0.4) is 0 Å². The molecule has 0 saturated carbocycles. The zero-order valence-electron chi connectivity index (χ0n) is 13.6. The van der Waals surface area contributed by atoms with Gasteiger partial charge >= 0.3 is 0 Å². The van der Waals surface area contributed by atoms with Crippen molar-refractivity contribution in [3.05, 3.63) is 64.8 Å². The summed E-state index contributed by atoms with van der Waals surface area (Å²) in [5.74, 6) is 0.496. The Morgan fingerprint density at radius 2 is 2.08 bits per heavy atom. The molecule has 0 aliphatic carbocycles. The van der Waals surface area contributed by atoms with E-state index >= 15 is 0 Å². The topological polar surface area (TPSA) is 64.2 Å². The molecule has 0 spiro atoms. The van der Waals surface area contributed by atoms with E-state index in [-0.39, 0.29) is 11.9 Å². The van der Waals surface area contributed by atoms with Crippen LogP contribution >= 0.6 is 11.6 Å². The molecule has 124 valence electrons. The normalized spacial score (nSPS) is 12.2. The Morgan fingerprint density at radius 3 is 2.75 bits per heavy atom. The van der Waals surface area contributed by atoms with E-state index in [0.29, 0.717) is 27.9 Å². The zero-order chi connectivity index (χ0) is 17.3. The van der Waals surface area contributed by atoms with Gasteiger partial charge in [-0.25, -0.2) is 0 Å². The van der Waals surface area contributed by atoms with Gasteiger partial charge in [0.15, 0.2) is 5.69 Å². The summed E-state index contributed by atoms with van der Waals surface area (Å²) in [4.78, 5) is 15.8. The molecule has 3 aromatic rings. The number of carbonyl (C=O) groups is 1. The second-order valence-corrected chi connectivity index (χ2v) is 5.95. The molecule has 1 atom stereocenters. The van der Waals surface area contributed by atoms with Crippen LogP contribution in [0.2, 0.25) is 5.02 Å². The highest BCUT2D eigenvalue weighted by atomic mass is 35.5. The molecule has 2 aromatic heterocycles. The zero-order valence-corrected chi connectivity index (χ0v) is 14.4. The second kappa shape index (κ2) is 6.49. The molecule has 1 unspecified atom stereocenters. The van der Waals surface area contributed by atoms with Gasteiger partial charge in [-0.3, -0.25) is 4.79 Å². The van der Waals surface area contributed by atoms with Crippen molar-refractivity contribution in [2.45, 2.75) is 19.9 Å². The van der Waals surface area contributed by atoms with Crippen molar-refractivity contribution in [2.75, 3.05) is 7.05 Å². The maximum atomic E-state index is 12.8. The molecule has 0 N–H and O–H groups in total. The summed E-state index contributed by atoms with van der Waals surface area (Å²) in [5, 5.41) is 9.24. The Hall–Kier alpha value is -2.60. The second-order valence-electron chi connectivity index (χ2n) is 5.51. The van der Waals surface area contributed by atoms with Crippen LogP contribution in [0.15, 0.2) is 47.1 Å². The van der Waals surface area contributed by atoms with E-state index in [4.69, 9.17) is 16.0 Å². The van der Waals surface area contributed by atoms with Gasteiger partial charge in [-0.1, -0.05) is 17.7 Å². The molecule has 3 rings (SSSR count). The van der Waals surface area contributed by atoms with Crippen molar-refractivity contribution in [2.24, 2.45) is 0 Å². The smallest absolute Gasteiger partial charge is 0.276 e. The van der Waals surface area contributed by atoms with Gasteiger partial charge in [-0.2, -0.15) is 9.90 Å². The van der Waals surface area contributed by atoms with E-state index in [1.165, 1.54) is 4.80 Å². The number of benzene rings is 1. The fourth-order valence-corrected chi connectivity index (χ4v) is 2.54. The van der Waals surface area contributed by atoms with Gasteiger partial charge in [0, 0.05) is 12.1 Å². The summed E-state index contributed by atoms with van der Waals surface area (Å²) in [6.07, 6.45) is 1.59. The van der Waals surface area contributed by atoms with Crippen LogP contribution in [-0.2, 0) is 0 Å². The largest absolute Gasteiger partial charge is 0.467 e. The molecule has 1 amide bonds. The van der Waals surface area contributed by atoms with E-state index in [9.17, 15) is 4.79 Å². The highest BCUT2D eigenvalue weighted by Crippen LogP contribution is 2.21. The highest BCUT2D eigenvalue weighted by molar-refractivity contribution is 6.30. The predicted octanol–water partition coefficient (Wildman–Crippen LogP) is 3.66. The van der Waals surface area contributed by atoms with Crippen molar-refractivity contribution >= 4 is 17.5 Å². The average molecular weight is 345 g/mol. The molecule has 0 bridgehead atoms. The minimum Gasteiger partial charge on any atom is -0.467 e. The Labute approximate surface area is 144 Å². The number of carbonyl (C=O) groups excluding carboxylic acids is 1. The minimum atomic E-state index is -0.218. The van der Waals surface area contributed by atoms with Crippen LogP contribution in [0.1, 0.15) is 34.9 Å². The van der Waals surface area contributed by atoms with Crippen LogP contribution in [0, 0.1) is 6.92 Å². The number of furan rings is 1. The molecule has 24 heavy (non-hydrogen) atoms. The molecule has 2 heterocycles. The predicted molar refractivity (Wildman–Crippen MR) is 90.3 cm³/mol. The number of halogens is 1. The van der Waals surface area contributed by atoms with E-state index in [0.717, 1.165) is 0 Å². The highest BCUT2D eigenvalue weighted by Gasteiger charge is 2.25. The minimum absolute atomic E-state index is 0.205. The third-order valence-corrected chi connectivity index (χ3v) is 4.12.